The number of para-hydroxylation sites is 2. The second kappa shape index (κ2) is 9.04. The minimum Gasteiger partial charge on any atom is -0.366 e. The molecule has 2 amide bonds. The topological polar surface area (TPSA) is 86.8 Å². The number of amides is 2. The SMILES string of the molecule is O=C(CS(=O)(=O)CC(=O)N1CCN(c2ccccc2F)CC1)Nc1ccccc1. The lowest BCUT2D eigenvalue weighted by Crippen LogP contribution is -2.50. The number of anilines is 2. The Morgan fingerprint density at radius 1 is 0.897 bits per heavy atom. The summed E-state index contributed by atoms with van der Waals surface area (Å²) in [4.78, 5) is 27.6. The lowest BCUT2D eigenvalue weighted by atomic mass is 10.2. The molecule has 1 aliphatic rings. The summed E-state index contributed by atoms with van der Waals surface area (Å²) in [6, 6.07) is 14.9. The van der Waals surface area contributed by atoms with Crippen LogP contribution in [-0.2, 0) is 19.4 Å². The molecule has 0 spiro atoms. The van der Waals surface area contributed by atoms with E-state index in [9.17, 15) is 22.4 Å². The van der Waals surface area contributed by atoms with Crippen molar-refractivity contribution in [3.63, 3.8) is 0 Å². The van der Waals surface area contributed by atoms with Crippen molar-refractivity contribution in [2.24, 2.45) is 0 Å². The summed E-state index contributed by atoms with van der Waals surface area (Å²) < 4.78 is 38.4. The molecule has 2 aromatic carbocycles. The van der Waals surface area contributed by atoms with Gasteiger partial charge in [-0.05, 0) is 24.3 Å². The van der Waals surface area contributed by atoms with Gasteiger partial charge in [-0.25, -0.2) is 12.8 Å². The van der Waals surface area contributed by atoms with Crippen LogP contribution in [0, 0.1) is 5.82 Å². The Kier molecular flexibility index (Phi) is 6.48. The van der Waals surface area contributed by atoms with E-state index in [4.69, 9.17) is 0 Å². The first-order valence-electron chi connectivity index (χ1n) is 9.17. The number of carbonyl (C=O) groups excluding carboxylic acids is 2. The largest absolute Gasteiger partial charge is 0.366 e. The highest BCUT2D eigenvalue weighted by Gasteiger charge is 2.27. The number of halogens is 1. The first kappa shape index (κ1) is 20.8. The smallest absolute Gasteiger partial charge is 0.239 e. The molecule has 154 valence electrons. The van der Waals surface area contributed by atoms with Crippen LogP contribution < -0.4 is 10.2 Å². The summed E-state index contributed by atoms with van der Waals surface area (Å²) in [6.45, 7) is 1.39. The molecule has 1 saturated heterocycles. The number of sulfone groups is 1. The van der Waals surface area contributed by atoms with Crippen LogP contribution in [-0.4, -0.2) is 62.8 Å². The number of benzene rings is 2. The van der Waals surface area contributed by atoms with E-state index in [0.717, 1.165) is 0 Å². The normalized spacial score (nSPS) is 14.5. The highest BCUT2D eigenvalue weighted by molar-refractivity contribution is 7.92. The number of rotatable bonds is 6. The second-order valence-corrected chi connectivity index (χ2v) is 8.83. The van der Waals surface area contributed by atoms with E-state index < -0.39 is 33.2 Å². The van der Waals surface area contributed by atoms with Crippen LogP contribution in [0.4, 0.5) is 15.8 Å². The summed E-state index contributed by atoms with van der Waals surface area (Å²) in [7, 11) is -3.90. The van der Waals surface area contributed by atoms with Crippen molar-refractivity contribution in [1.82, 2.24) is 4.90 Å². The highest BCUT2D eigenvalue weighted by atomic mass is 32.2. The van der Waals surface area contributed by atoms with Crippen molar-refractivity contribution in [3.05, 3.63) is 60.4 Å². The monoisotopic (exact) mass is 419 g/mol. The number of piperazine rings is 1. The van der Waals surface area contributed by atoms with Gasteiger partial charge in [-0.3, -0.25) is 9.59 Å². The molecule has 1 N–H and O–H groups in total. The van der Waals surface area contributed by atoms with Crippen molar-refractivity contribution >= 4 is 33.0 Å². The predicted molar refractivity (Wildman–Crippen MR) is 109 cm³/mol. The second-order valence-electron chi connectivity index (χ2n) is 6.77. The van der Waals surface area contributed by atoms with Crippen molar-refractivity contribution in [2.45, 2.75) is 0 Å². The standard InChI is InChI=1S/C20H22FN3O4S/c21-17-8-4-5-9-18(17)23-10-12-24(13-11-23)20(26)15-29(27,28)14-19(25)22-16-6-2-1-3-7-16/h1-9H,10-15H2,(H,22,25). The molecule has 0 saturated carbocycles. The molecule has 1 aliphatic heterocycles. The Morgan fingerprint density at radius 2 is 1.52 bits per heavy atom. The van der Waals surface area contributed by atoms with Crippen LogP contribution in [0.3, 0.4) is 0 Å². The Hall–Kier alpha value is -2.94. The summed E-state index contributed by atoms with van der Waals surface area (Å²) >= 11 is 0. The quantitative estimate of drug-likeness (QED) is 0.767. The maximum Gasteiger partial charge on any atom is 0.239 e. The van der Waals surface area contributed by atoms with E-state index in [0.29, 0.717) is 37.6 Å². The average molecular weight is 419 g/mol. The Bertz CT molecular complexity index is 974. The van der Waals surface area contributed by atoms with Gasteiger partial charge in [-0.2, -0.15) is 0 Å². The molecule has 1 heterocycles. The molecule has 0 unspecified atom stereocenters. The Morgan fingerprint density at radius 3 is 2.17 bits per heavy atom. The predicted octanol–water partition coefficient (Wildman–Crippen LogP) is 1.53. The van der Waals surface area contributed by atoms with E-state index >= 15 is 0 Å². The van der Waals surface area contributed by atoms with Crippen molar-refractivity contribution < 1.29 is 22.4 Å². The molecule has 0 radical (unpaired) electrons. The summed E-state index contributed by atoms with van der Waals surface area (Å²) in [5.74, 6) is -3.06. The highest BCUT2D eigenvalue weighted by Crippen LogP contribution is 2.20. The van der Waals surface area contributed by atoms with E-state index in [1.807, 2.05) is 4.90 Å². The van der Waals surface area contributed by atoms with Gasteiger partial charge >= 0.3 is 0 Å². The maximum absolute atomic E-state index is 13.9. The van der Waals surface area contributed by atoms with Gasteiger partial charge in [0.05, 0.1) is 5.69 Å². The minimum absolute atomic E-state index is 0.291. The Labute approximate surface area is 169 Å². The molecule has 0 aromatic heterocycles. The van der Waals surface area contributed by atoms with Crippen LogP contribution in [0.15, 0.2) is 54.6 Å². The zero-order chi connectivity index (χ0) is 20.9. The van der Waals surface area contributed by atoms with Crippen molar-refractivity contribution in [2.75, 3.05) is 47.9 Å². The minimum atomic E-state index is -3.90. The van der Waals surface area contributed by atoms with Crippen LogP contribution in [0.2, 0.25) is 0 Å². The lowest BCUT2D eigenvalue weighted by Gasteiger charge is -2.36. The molecule has 1 fully saturated rings. The molecule has 0 atom stereocenters. The van der Waals surface area contributed by atoms with Crippen LogP contribution in [0.25, 0.3) is 0 Å². The third kappa shape index (κ3) is 5.77. The first-order chi connectivity index (χ1) is 13.8. The summed E-state index contributed by atoms with van der Waals surface area (Å²) in [5.41, 5.74) is 0.952. The van der Waals surface area contributed by atoms with Crippen LogP contribution >= 0.6 is 0 Å². The number of hydrogen-bond donors (Lipinski definition) is 1. The lowest BCUT2D eigenvalue weighted by molar-refractivity contribution is -0.128. The number of nitrogens with zero attached hydrogens (tertiary/aromatic N) is 2. The van der Waals surface area contributed by atoms with Gasteiger partial charge < -0.3 is 15.1 Å². The molecular formula is C20H22FN3O4S. The zero-order valence-corrected chi connectivity index (χ0v) is 16.6. The van der Waals surface area contributed by atoms with E-state index in [1.165, 1.54) is 11.0 Å². The molecule has 7 nitrogen and oxygen atoms in total. The average Bonchev–Trinajstić information content (AvgIpc) is 2.68. The third-order valence-corrected chi connectivity index (χ3v) is 5.97. The van der Waals surface area contributed by atoms with E-state index in [2.05, 4.69) is 5.32 Å². The number of carbonyl (C=O) groups is 2. The zero-order valence-electron chi connectivity index (χ0n) is 15.8. The van der Waals surface area contributed by atoms with Crippen LogP contribution in [0.1, 0.15) is 0 Å². The van der Waals surface area contributed by atoms with Crippen molar-refractivity contribution in [1.29, 1.82) is 0 Å². The van der Waals surface area contributed by atoms with E-state index in [1.54, 1.807) is 48.5 Å². The maximum atomic E-state index is 13.9. The van der Waals surface area contributed by atoms with Gasteiger partial charge in [0.2, 0.25) is 11.8 Å². The molecule has 2 aromatic rings. The molecular weight excluding hydrogens is 397 g/mol. The van der Waals surface area contributed by atoms with Gasteiger partial charge in [0, 0.05) is 31.9 Å². The van der Waals surface area contributed by atoms with Gasteiger partial charge in [-0.15, -0.1) is 0 Å². The molecule has 0 bridgehead atoms. The fourth-order valence-corrected chi connectivity index (χ4v) is 4.29. The van der Waals surface area contributed by atoms with Crippen molar-refractivity contribution in [3.8, 4) is 0 Å². The summed E-state index contributed by atoms with van der Waals surface area (Å²) in [6.07, 6.45) is 0. The molecule has 29 heavy (non-hydrogen) atoms. The van der Waals surface area contributed by atoms with E-state index in [-0.39, 0.29) is 5.82 Å². The molecule has 0 aliphatic carbocycles. The number of nitrogens with one attached hydrogen (secondary N) is 1. The van der Waals surface area contributed by atoms with Gasteiger partial charge in [-0.1, -0.05) is 30.3 Å². The summed E-state index contributed by atoms with van der Waals surface area (Å²) in [5, 5.41) is 2.49. The molecule has 9 heteroatoms. The fourth-order valence-electron chi connectivity index (χ4n) is 3.15. The van der Waals surface area contributed by atoms with Gasteiger partial charge in [0.1, 0.15) is 17.3 Å². The first-order valence-corrected chi connectivity index (χ1v) is 11.0. The number of hydrogen-bond acceptors (Lipinski definition) is 5. The van der Waals surface area contributed by atoms with Gasteiger partial charge in [0.15, 0.2) is 9.84 Å². The third-order valence-electron chi connectivity index (χ3n) is 4.58. The van der Waals surface area contributed by atoms with Crippen LogP contribution in [0.5, 0.6) is 0 Å². The Balaban J connectivity index is 1.51. The fraction of sp³-hybridized carbons (Fsp3) is 0.300. The molecule has 3 rings (SSSR count). The van der Waals surface area contributed by atoms with Gasteiger partial charge in [0.25, 0.3) is 0 Å².